The van der Waals surface area contributed by atoms with E-state index in [2.05, 4.69) is 0 Å². The van der Waals surface area contributed by atoms with Crippen LogP contribution in [-0.2, 0) is 14.8 Å². The number of nitrogens with two attached hydrogens (primary N) is 1. The van der Waals surface area contributed by atoms with Gasteiger partial charge < -0.3 is 10.5 Å². The Morgan fingerprint density at radius 2 is 1.86 bits per heavy atom. The second kappa shape index (κ2) is 6.36. The normalized spacial score (nSPS) is 15.1. The molecule has 0 unspecified atom stereocenters. The standard InChI is InChI=1S/C15H22N2O4S/c1-10-6-14(21-3)7-11(2)15(10)22(19,20)17(12-4-5-12)9-13(18)8-16/h6-7,12H,4-5,8-9,16H2,1-3H3. The molecule has 0 aliphatic heterocycles. The number of carbonyl (C=O) groups is 1. The van der Waals surface area contributed by atoms with Gasteiger partial charge in [0.25, 0.3) is 0 Å². The van der Waals surface area contributed by atoms with Crippen molar-refractivity contribution in [3.8, 4) is 5.75 Å². The van der Waals surface area contributed by atoms with Gasteiger partial charge in [-0.25, -0.2) is 8.42 Å². The molecule has 0 radical (unpaired) electrons. The number of methoxy groups -OCH3 is 1. The minimum absolute atomic E-state index is 0.0959. The molecule has 2 N–H and O–H groups in total. The van der Waals surface area contributed by atoms with E-state index in [1.165, 1.54) is 4.31 Å². The van der Waals surface area contributed by atoms with Crippen LogP contribution in [0.5, 0.6) is 5.75 Å². The molecule has 122 valence electrons. The van der Waals surface area contributed by atoms with Gasteiger partial charge in [0, 0.05) is 6.04 Å². The number of carbonyl (C=O) groups excluding carboxylic acids is 1. The van der Waals surface area contributed by atoms with Crippen LogP contribution in [0, 0.1) is 13.8 Å². The lowest BCUT2D eigenvalue weighted by Crippen LogP contribution is -2.39. The number of nitrogens with zero attached hydrogens (tertiary/aromatic N) is 1. The topological polar surface area (TPSA) is 89.7 Å². The average Bonchev–Trinajstić information content (AvgIpc) is 3.27. The van der Waals surface area contributed by atoms with Crippen LogP contribution in [0.15, 0.2) is 17.0 Å². The van der Waals surface area contributed by atoms with E-state index < -0.39 is 10.0 Å². The highest BCUT2D eigenvalue weighted by Crippen LogP contribution is 2.35. The predicted molar refractivity (Wildman–Crippen MR) is 83.4 cm³/mol. The summed E-state index contributed by atoms with van der Waals surface area (Å²) >= 11 is 0. The SMILES string of the molecule is COc1cc(C)c(S(=O)(=O)N(CC(=O)CN)C2CC2)c(C)c1. The van der Waals surface area contributed by atoms with E-state index in [9.17, 15) is 13.2 Å². The van der Waals surface area contributed by atoms with Crippen molar-refractivity contribution < 1.29 is 17.9 Å². The van der Waals surface area contributed by atoms with Crippen molar-refractivity contribution in [1.82, 2.24) is 4.31 Å². The number of rotatable bonds is 7. The number of ketones is 1. The lowest BCUT2D eigenvalue weighted by Gasteiger charge is -2.23. The Kier molecular flexibility index (Phi) is 4.89. The summed E-state index contributed by atoms with van der Waals surface area (Å²) in [6.45, 7) is 3.16. The molecular weight excluding hydrogens is 304 g/mol. The molecule has 1 aliphatic rings. The zero-order chi connectivity index (χ0) is 16.5. The summed E-state index contributed by atoms with van der Waals surface area (Å²) in [7, 11) is -2.19. The third-order valence-electron chi connectivity index (χ3n) is 3.75. The van der Waals surface area contributed by atoms with E-state index in [1.807, 2.05) is 0 Å². The first kappa shape index (κ1) is 16.9. The minimum atomic E-state index is -3.73. The van der Waals surface area contributed by atoms with Gasteiger partial charge >= 0.3 is 0 Å². The molecule has 0 heterocycles. The fraction of sp³-hybridized carbons (Fsp3) is 0.533. The molecule has 1 aromatic rings. The van der Waals surface area contributed by atoms with Gasteiger partial charge in [-0.1, -0.05) is 0 Å². The number of Topliss-reactive ketones (excluding diaryl/α,β-unsaturated/α-hetero) is 1. The molecule has 2 rings (SSSR count). The van der Waals surface area contributed by atoms with Crippen molar-refractivity contribution in [2.24, 2.45) is 5.73 Å². The second-order valence-electron chi connectivity index (χ2n) is 5.61. The molecule has 0 aromatic heterocycles. The van der Waals surface area contributed by atoms with Crippen molar-refractivity contribution in [3.05, 3.63) is 23.3 Å². The molecule has 1 aromatic carbocycles. The molecule has 1 saturated carbocycles. The maximum atomic E-state index is 13.0. The molecule has 7 heteroatoms. The van der Waals surface area contributed by atoms with E-state index in [1.54, 1.807) is 33.1 Å². The van der Waals surface area contributed by atoms with Crippen LogP contribution in [0.2, 0.25) is 0 Å². The Bertz CT molecular complexity index is 658. The van der Waals surface area contributed by atoms with Gasteiger partial charge in [-0.3, -0.25) is 4.79 Å². The Morgan fingerprint density at radius 3 is 2.27 bits per heavy atom. The van der Waals surface area contributed by atoms with Crippen LogP contribution < -0.4 is 10.5 Å². The third kappa shape index (κ3) is 3.31. The molecule has 6 nitrogen and oxygen atoms in total. The summed E-state index contributed by atoms with van der Waals surface area (Å²) < 4.78 is 32.5. The molecule has 0 atom stereocenters. The largest absolute Gasteiger partial charge is 0.497 e. The van der Waals surface area contributed by atoms with Crippen LogP contribution in [0.4, 0.5) is 0 Å². The highest BCUT2D eigenvalue weighted by molar-refractivity contribution is 7.89. The zero-order valence-electron chi connectivity index (χ0n) is 13.1. The first-order chi connectivity index (χ1) is 10.3. The molecule has 0 bridgehead atoms. The van der Waals surface area contributed by atoms with Crippen LogP contribution in [-0.4, -0.2) is 44.7 Å². The predicted octanol–water partition coefficient (Wildman–Crippen LogP) is 0.993. The second-order valence-corrected chi connectivity index (χ2v) is 7.44. The van der Waals surface area contributed by atoms with E-state index in [-0.39, 0.29) is 29.8 Å². The molecular formula is C15H22N2O4S. The van der Waals surface area contributed by atoms with Crippen molar-refractivity contribution >= 4 is 15.8 Å². The van der Waals surface area contributed by atoms with Crippen molar-refractivity contribution in [2.45, 2.75) is 37.6 Å². The number of aryl methyl sites for hydroxylation is 2. The Hall–Kier alpha value is -1.44. The van der Waals surface area contributed by atoms with E-state index >= 15 is 0 Å². The summed E-state index contributed by atoms with van der Waals surface area (Å²) in [6.07, 6.45) is 1.57. The van der Waals surface area contributed by atoms with Crippen LogP contribution in [0.3, 0.4) is 0 Å². The summed E-state index contributed by atoms with van der Waals surface area (Å²) in [6, 6.07) is 3.28. The number of hydrogen-bond acceptors (Lipinski definition) is 5. The van der Waals surface area contributed by atoms with Gasteiger partial charge in [0.15, 0.2) is 5.78 Å². The summed E-state index contributed by atoms with van der Waals surface area (Å²) in [5.41, 5.74) is 6.56. The van der Waals surface area contributed by atoms with Gasteiger partial charge in [-0.2, -0.15) is 4.31 Å². The molecule has 0 spiro atoms. The molecule has 1 aliphatic carbocycles. The van der Waals surface area contributed by atoms with Gasteiger partial charge in [-0.05, 0) is 49.9 Å². The Balaban J connectivity index is 2.46. The summed E-state index contributed by atoms with van der Waals surface area (Å²) in [4.78, 5) is 11.9. The summed E-state index contributed by atoms with van der Waals surface area (Å²) in [5, 5.41) is 0. The molecule has 0 saturated heterocycles. The number of benzene rings is 1. The average molecular weight is 326 g/mol. The Labute approximate surface area is 131 Å². The monoisotopic (exact) mass is 326 g/mol. The number of hydrogen-bond donors (Lipinski definition) is 1. The van der Waals surface area contributed by atoms with Gasteiger partial charge in [-0.15, -0.1) is 0 Å². The number of ether oxygens (including phenoxy) is 1. The lowest BCUT2D eigenvalue weighted by atomic mass is 10.1. The van der Waals surface area contributed by atoms with Crippen LogP contribution in [0.25, 0.3) is 0 Å². The fourth-order valence-corrected chi connectivity index (χ4v) is 4.65. The van der Waals surface area contributed by atoms with Crippen molar-refractivity contribution in [1.29, 1.82) is 0 Å². The van der Waals surface area contributed by atoms with E-state index in [0.29, 0.717) is 16.9 Å². The highest BCUT2D eigenvalue weighted by Gasteiger charge is 2.40. The quantitative estimate of drug-likeness (QED) is 0.807. The van der Waals surface area contributed by atoms with Crippen molar-refractivity contribution in [3.63, 3.8) is 0 Å². The van der Waals surface area contributed by atoms with Crippen molar-refractivity contribution in [2.75, 3.05) is 20.2 Å². The van der Waals surface area contributed by atoms with Gasteiger partial charge in [0.1, 0.15) is 5.75 Å². The van der Waals surface area contributed by atoms with Crippen LogP contribution >= 0.6 is 0 Å². The first-order valence-electron chi connectivity index (χ1n) is 7.20. The zero-order valence-corrected chi connectivity index (χ0v) is 13.9. The van der Waals surface area contributed by atoms with Gasteiger partial charge in [0.05, 0.1) is 25.1 Å². The molecule has 22 heavy (non-hydrogen) atoms. The molecule has 1 fully saturated rings. The third-order valence-corrected chi connectivity index (χ3v) is 5.95. The molecule has 0 amide bonds. The van der Waals surface area contributed by atoms with Crippen LogP contribution in [0.1, 0.15) is 24.0 Å². The van der Waals surface area contributed by atoms with Gasteiger partial charge in [0.2, 0.25) is 10.0 Å². The first-order valence-corrected chi connectivity index (χ1v) is 8.64. The maximum Gasteiger partial charge on any atom is 0.244 e. The summed E-state index contributed by atoms with van der Waals surface area (Å²) in [5.74, 6) is 0.337. The Morgan fingerprint density at radius 1 is 1.32 bits per heavy atom. The minimum Gasteiger partial charge on any atom is -0.497 e. The smallest absolute Gasteiger partial charge is 0.244 e. The van der Waals surface area contributed by atoms with E-state index in [0.717, 1.165) is 12.8 Å². The fourth-order valence-electron chi connectivity index (χ4n) is 2.56. The maximum absolute atomic E-state index is 13.0. The van der Waals surface area contributed by atoms with E-state index in [4.69, 9.17) is 10.5 Å². The highest BCUT2D eigenvalue weighted by atomic mass is 32.2. The number of sulfonamides is 1. The lowest BCUT2D eigenvalue weighted by molar-refractivity contribution is -0.118.